The lowest BCUT2D eigenvalue weighted by Crippen LogP contribution is -2.61. The van der Waals surface area contributed by atoms with Gasteiger partial charge in [-0.2, -0.15) is 0 Å². The zero-order chi connectivity index (χ0) is 58.4. The van der Waals surface area contributed by atoms with E-state index in [1.54, 1.807) is 117 Å². The Morgan fingerprint density at radius 1 is 0.772 bits per heavy atom. The fourth-order valence-corrected chi connectivity index (χ4v) is 9.83. The van der Waals surface area contributed by atoms with Gasteiger partial charge in [0.05, 0.1) is 61.0 Å². The number of carboxylic acids is 1. The van der Waals surface area contributed by atoms with Crippen LogP contribution < -0.4 is 11.5 Å². The minimum Gasteiger partial charge on any atom is -0.481 e. The second kappa shape index (κ2) is 32.7. The number of Topliss-reactive ketones (excluding diaryl/α,β-unsaturated/α-hetero) is 2. The molecule has 0 aliphatic carbocycles. The van der Waals surface area contributed by atoms with E-state index < -0.39 is 158 Å². The fourth-order valence-electron chi connectivity index (χ4n) is 9.83. The van der Waals surface area contributed by atoms with Crippen molar-refractivity contribution in [3.63, 3.8) is 0 Å². The number of aliphatic hydroxyl groups is 8. The standard InChI is InChI=1S/C58H82N2O19/c1-34-18-15-13-11-9-7-5-6-8-10-12-14-16-20-44(76-56-53(70)51(60)52(69)37(4)75-56)30-48-50(55(71)72)47(67)33-58(74,79-48)32-43(64)29-42(63)28-41(62)27-40(61)19-17-21-49(68)77-57(73)78-54(34)36(3)26-35(2)45(65)31-46(66)38-22-24-39(59)25-23-38/h5-16,18,20,22-25,34-37,41-45,47-48,50-54,56,62-65,67,69-70,74H,17,19,21,26-33,59-60H2,1-4H3,(H,71,72)/b6-5+,9-7+,10-8+,13-11+,14-12+,18-15+,20-16+/t34?,35?,36?,37-,41?,42?,43?,44?,45?,47?,48?,50?,51+,52-,53+,54?,56?,58?/m1/s1. The van der Waals surface area contributed by atoms with Gasteiger partial charge in [0.1, 0.15) is 23.9 Å². The number of fused-ring (bicyclic) bond motifs is 2. The zero-order valence-electron chi connectivity index (χ0n) is 45.2. The smallest absolute Gasteiger partial charge is 0.481 e. The van der Waals surface area contributed by atoms with Crippen molar-refractivity contribution in [1.82, 2.24) is 0 Å². The van der Waals surface area contributed by atoms with E-state index in [4.69, 9.17) is 35.2 Å². The number of esters is 1. The van der Waals surface area contributed by atoms with Crippen LogP contribution in [0.25, 0.3) is 0 Å². The Hall–Kier alpha value is -5.53. The lowest BCUT2D eigenvalue weighted by molar-refractivity contribution is -0.308. The zero-order valence-corrected chi connectivity index (χ0v) is 45.2. The predicted molar refractivity (Wildman–Crippen MR) is 289 cm³/mol. The molecule has 2 bridgehead atoms. The highest BCUT2D eigenvalue weighted by atomic mass is 16.7. The molecule has 0 saturated carbocycles. The number of aliphatic carboxylic acids is 1. The predicted octanol–water partition coefficient (Wildman–Crippen LogP) is 3.95. The van der Waals surface area contributed by atoms with Crippen molar-refractivity contribution < 1.29 is 93.6 Å². The number of hydrogen-bond acceptors (Lipinski definition) is 20. The second-order valence-corrected chi connectivity index (χ2v) is 21.0. The van der Waals surface area contributed by atoms with E-state index in [0.29, 0.717) is 17.7 Å². The van der Waals surface area contributed by atoms with Gasteiger partial charge in [-0.05, 0) is 68.7 Å². The Morgan fingerprint density at radius 3 is 1.96 bits per heavy atom. The van der Waals surface area contributed by atoms with Crippen molar-refractivity contribution >= 4 is 35.3 Å². The summed E-state index contributed by atoms with van der Waals surface area (Å²) in [7, 11) is 0. The van der Waals surface area contributed by atoms with Crippen molar-refractivity contribution in [3.8, 4) is 0 Å². The highest BCUT2D eigenvalue weighted by molar-refractivity contribution is 5.96. The molecule has 0 spiro atoms. The summed E-state index contributed by atoms with van der Waals surface area (Å²) in [6, 6.07) is 5.21. The van der Waals surface area contributed by atoms with Crippen LogP contribution in [-0.2, 0) is 38.1 Å². The Balaban J connectivity index is 1.54. The van der Waals surface area contributed by atoms with E-state index >= 15 is 0 Å². The molecule has 13 N–H and O–H groups in total. The number of carbonyl (C=O) groups is 5. The third-order valence-electron chi connectivity index (χ3n) is 14.1. The van der Waals surface area contributed by atoms with Gasteiger partial charge in [0, 0.05) is 62.1 Å². The van der Waals surface area contributed by atoms with Crippen LogP contribution in [0.3, 0.4) is 0 Å². The molecule has 14 unspecified atom stereocenters. The van der Waals surface area contributed by atoms with Crippen LogP contribution in [-0.4, -0.2) is 161 Å². The van der Waals surface area contributed by atoms with E-state index in [1.165, 1.54) is 13.0 Å². The molecule has 18 atom stereocenters. The average Bonchev–Trinajstić information content (AvgIpc) is 3.40. The van der Waals surface area contributed by atoms with Crippen LogP contribution >= 0.6 is 0 Å². The molecule has 2 fully saturated rings. The number of cyclic esters (lactones) is 3. The summed E-state index contributed by atoms with van der Waals surface area (Å²) in [5.41, 5.74) is 12.7. The first-order valence-corrected chi connectivity index (χ1v) is 26.8. The van der Waals surface area contributed by atoms with Gasteiger partial charge >= 0.3 is 18.1 Å². The van der Waals surface area contributed by atoms with E-state index in [0.717, 1.165) is 0 Å². The third kappa shape index (κ3) is 22.5. The molecular weight excluding hydrogens is 1030 g/mol. The Morgan fingerprint density at radius 2 is 1.35 bits per heavy atom. The first-order valence-electron chi connectivity index (χ1n) is 26.8. The van der Waals surface area contributed by atoms with Gasteiger partial charge < -0.3 is 81.1 Å². The number of hydrogen-bond donors (Lipinski definition) is 11. The van der Waals surface area contributed by atoms with Crippen molar-refractivity contribution in [1.29, 1.82) is 0 Å². The van der Waals surface area contributed by atoms with E-state index in [2.05, 4.69) is 0 Å². The summed E-state index contributed by atoms with van der Waals surface area (Å²) in [6.45, 7) is 6.92. The van der Waals surface area contributed by atoms with Crippen LogP contribution in [0.4, 0.5) is 10.5 Å². The van der Waals surface area contributed by atoms with Crippen LogP contribution in [0.1, 0.15) is 109 Å². The lowest BCUT2D eigenvalue weighted by Gasteiger charge is -2.45. The van der Waals surface area contributed by atoms with Gasteiger partial charge in [0.15, 0.2) is 17.9 Å². The number of aliphatic hydroxyl groups excluding tert-OH is 7. The summed E-state index contributed by atoms with van der Waals surface area (Å²) in [4.78, 5) is 64.1. The molecular formula is C58H82N2O19. The molecule has 3 heterocycles. The number of ketones is 2. The Labute approximate surface area is 461 Å². The van der Waals surface area contributed by atoms with Crippen molar-refractivity contribution in [3.05, 3.63) is 115 Å². The monoisotopic (exact) mass is 1110 g/mol. The number of nitrogens with two attached hydrogens (primary N) is 2. The molecule has 1 aromatic rings. The molecule has 21 nitrogen and oxygen atoms in total. The second-order valence-electron chi connectivity index (χ2n) is 21.0. The van der Waals surface area contributed by atoms with Crippen molar-refractivity contribution in [2.45, 2.75) is 184 Å². The maximum absolute atomic E-state index is 13.1. The molecule has 2 saturated heterocycles. The first-order chi connectivity index (χ1) is 37.4. The molecule has 79 heavy (non-hydrogen) atoms. The maximum atomic E-state index is 13.1. The maximum Gasteiger partial charge on any atom is 0.516 e. The molecule has 0 aromatic heterocycles. The highest BCUT2D eigenvalue weighted by Crippen LogP contribution is 2.38. The first kappa shape index (κ1) is 66.0. The van der Waals surface area contributed by atoms with Gasteiger partial charge in [-0.25, -0.2) is 4.79 Å². The molecule has 3 aliphatic rings. The largest absolute Gasteiger partial charge is 0.516 e. The van der Waals surface area contributed by atoms with E-state index in [-0.39, 0.29) is 44.3 Å². The number of benzene rings is 1. The normalized spacial score (nSPS) is 36.8. The highest BCUT2D eigenvalue weighted by Gasteiger charge is 2.51. The SMILES string of the molecule is CC1/C=C/C=C/C=C/C=C/C=C/C=C/C=C/C(OC2O[C@H](C)[C@@H](O)[C@H](N)[C@@H]2O)CC2OC(O)(CC(O)CC(O)CC(O)CC(=O)CCCC(=O)OC(=O)OC1C(C)CC(C)C(O)CC(=O)c1ccc(N)cc1)CC(O)C2C(=O)O. The Kier molecular flexibility index (Phi) is 27.3. The summed E-state index contributed by atoms with van der Waals surface area (Å²) in [5, 5.41) is 97.7. The minimum atomic E-state index is -2.33. The molecule has 0 radical (unpaired) electrons. The molecule has 4 rings (SSSR count). The fraction of sp³-hybridized carbons (Fsp3) is 0.569. The molecule has 438 valence electrons. The quantitative estimate of drug-likeness (QED) is 0.0684. The van der Waals surface area contributed by atoms with Crippen LogP contribution in [0.15, 0.2) is 109 Å². The number of carbonyl (C=O) groups excluding carboxylic acids is 4. The number of nitrogen functional groups attached to an aromatic ring is 1. The molecule has 21 heteroatoms. The van der Waals surface area contributed by atoms with Crippen molar-refractivity contribution in [2.24, 2.45) is 29.4 Å². The molecule has 0 amide bonds. The minimum absolute atomic E-state index is 0.0577. The van der Waals surface area contributed by atoms with E-state index in [1.807, 2.05) is 6.92 Å². The van der Waals surface area contributed by atoms with Crippen LogP contribution in [0.5, 0.6) is 0 Å². The van der Waals surface area contributed by atoms with Crippen LogP contribution in [0.2, 0.25) is 0 Å². The van der Waals surface area contributed by atoms with E-state index in [9.17, 15) is 69.9 Å². The molecule has 1 aromatic carbocycles. The van der Waals surface area contributed by atoms with Gasteiger partial charge in [0.2, 0.25) is 0 Å². The summed E-state index contributed by atoms with van der Waals surface area (Å²) in [6.07, 6.45) is 3.88. The lowest BCUT2D eigenvalue weighted by atomic mass is 9.82. The number of rotatable bonds is 10. The van der Waals surface area contributed by atoms with Crippen LogP contribution in [0, 0.1) is 23.7 Å². The number of ether oxygens (including phenoxy) is 5. The summed E-state index contributed by atoms with van der Waals surface area (Å²) in [5.74, 6) is -8.38. The topological polar surface area (TPSA) is 366 Å². The third-order valence-corrected chi connectivity index (χ3v) is 14.1. The number of anilines is 1. The van der Waals surface area contributed by atoms with Gasteiger partial charge in [0.25, 0.3) is 0 Å². The van der Waals surface area contributed by atoms with Gasteiger partial charge in [-0.15, -0.1) is 0 Å². The number of allylic oxidation sites excluding steroid dienone is 12. The summed E-state index contributed by atoms with van der Waals surface area (Å²) < 4.78 is 28.5. The molecule has 3 aliphatic heterocycles. The van der Waals surface area contributed by atoms with Crippen molar-refractivity contribution in [2.75, 3.05) is 5.73 Å². The van der Waals surface area contributed by atoms with Gasteiger partial charge in [-0.3, -0.25) is 19.2 Å². The van der Waals surface area contributed by atoms with Gasteiger partial charge in [-0.1, -0.05) is 106 Å². The Bertz CT molecular complexity index is 2330. The summed E-state index contributed by atoms with van der Waals surface area (Å²) >= 11 is 0. The average molecular weight is 1110 g/mol. The number of carboxylic acid groups (broad SMARTS) is 1.